The van der Waals surface area contributed by atoms with Crippen LogP contribution in [-0.4, -0.2) is 12.9 Å². The van der Waals surface area contributed by atoms with Crippen LogP contribution in [-0.2, 0) is 0 Å². The van der Waals surface area contributed by atoms with Gasteiger partial charge in [-0.1, -0.05) is 47.5 Å². The quantitative estimate of drug-likeness (QED) is 0.432. The zero-order chi connectivity index (χ0) is 16.9. The van der Waals surface area contributed by atoms with Gasteiger partial charge in [0.15, 0.2) is 0 Å². The lowest BCUT2D eigenvalue weighted by atomic mass is 10.1. The standard InChI is InChI=1S/C21H19ClN2/c1-16-8-14-19(15-9-16)23-21(17-10-12-18(22)13-11-17)24(2)20-6-4-3-5-7-20/h3-15H,1-2H3. The first kappa shape index (κ1) is 16.3. The van der Waals surface area contributed by atoms with Crippen molar-refractivity contribution in [1.29, 1.82) is 0 Å². The Labute approximate surface area is 148 Å². The molecule has 2 nitrogen and oxygen atoms in total. The molecule has 0 unspecified atom stereocenters. The van der Waals surface area contributed by atoms with Crippen molar-refractivity contribution in [3.8, 4) is 0 Å². The maximum absolute atomic E-state index is 6.04. The minimum absolute atomic E-state index is 0.718. The van der Waals surface area contributed by atoms with Crippen molar-refractivity contribution in [3.63, 3.8) is 0 Å². The molecule has 0 heterocycles. The Hall–Kier alpha value is -2.58. The summed E-state index contributed by atoms with van der Waals surface area (Å²) in [7, 11) is 2.02. The van der Waals surface area contributed by atoms with Crippen LogP contribution in [0, 0.1) is 6.92 Å². The Kier molecular flexibility index (Phi) is 4.97. The van der Waals surface area contributed by atoms with Gasteiger partial charge in [0, 0.05) is 23.3 Å². The summed E-state index contributed by atoms with van der Waals surface area (Å²) in [5.41, 5.74) is 4.25. The van der Waals surface area contributed by atoms with Crippen molar-refractivity contribution in [3.05, 3.63) is 95.0 Å². The van der Waals surface area contributed by atoms with Gasteiger partial charge < -0.3 is 4.90 Å². The summed E-state index contributed by atoms with van der Waals surface area (Å²) in [5.74, 6) is 0.877. The Morgan fingerprint density at radius 1 is 0.833 bits per heavy atom. The molecule has 0 aliphatic carbocycles. The van der Waals surface area contributed by atoms with Crippen molar-refractivity contribution in [2.75, 3.05) is 11.9 Å². The van der Waals surface area contributed by atoms with Gasteiger partial charge >= 0.3 is 0 Å². The van der Waals surface area contributed by atoms with Crippen LogP contribution < -0.4 is 4.90 Å². The molecule has 0 aromatic heterocycles. The highest BCUT2D eigenvalue weighted by Crippen LogP contribution is 2.21. The number of rotatable bonds is 3. The fourth-order valence-corrected chi connectivity index (χ4v) is 2.57. The highest BCUT2D eigenvalue weighted by molar-refractivity contribution is 6.30. The number of anilines is 1. The largest absolute Gasteiger partial charge is 0.329 e. The fourth-order valence-electron chi connectivity index (χ4n) is 2.45. The predicted molar refractivity (Wildman–Crippen MR) is 104 cm³/mol. The SMILES string of the molecule is Cc1ccc(N=C(c2ccc(Cl)cc2)N(C)c2ccccc2)cc1. The van der Waals surface area contributed by atoms with Gasteiger partial charge in [-0.15, -0.1) is 0 Å². The molecule has 0 atom stereocenters. The van der Waals surface area contributed by atoms with Gasteiger partial charge in [0.25, 0.3) is 0 Å². The smallest absolute Gasteiger partial charge is 0.140 e. The summed E-state index contributed by atoms with van der Waals surface area (Å²) >= 11 is 6.04. The predicted octanol–water partition coefficient (Wildman–Crippen LogP) is 5.86. The van der Waals surface area contributed by atoms with Crippen molar-refractivity contribution in [2.45, 2.75) is 6.92 Å². The zero-order valence-corrected chi connectivity index (χ0v) is 14.5. The van der Waals surface area contributed by atoms with E-state index in [0.717, 1.165) is 27.8 Å². The number of para-hydroxylation sites is 1. The number of aliphatic imine (C=N–C) groups is 1. The Morgan fingerprint density at radius 3 is 2.08 bits per heavy atom. The average Bonchev–Trinajstić information content (AvgIpc) is 2.62. The monoisotopic (exact) mass is 334 g/mol. The molecular formula is C21H19ClN2. The van der Waals surface area contributed by atoms with Crippen molar-refractivity contribution in [1.82, 2.24) is 0 Å². The molecule has 0 N–H and O–H groups in total. The van der Waals surface area contributed by atoms with E-state index < -0.39 is 0 Å². The molecule has 0 saturated heterocycles. The average molecular weight is 335 g/mol. The Morgan fingerprint density at radius 2 is 1.46 bits per heavy atom. The minimum Gasteiger partial charge on any atom is -0.329 e. The maximum Gasteiger partial charge on any atom is 0.140 e. The number of halogens is 1. The summed E-state index contributed by atoms with van der Waals surface area (Å²) in [6.45, 7) is 2.07. The number of hydrogen-bond donors (Lipinski definition) is 0. The van der Waals surface area contributed by atoms with Crippen LogP contribution in [0.5, 0.6) is 0 Å². The van der Waals surface area contributed by atoms with Crippen LogP contribution >= 0.6 is 11.6 Å². The van der Waals surface area contributed by atoms with Crippen molar-refractivity contribution >= 4 is 28.8 Å². The number of hydrogen-bond acceptors (Lipinski definition) is 1. The van der Waals surface area contributed by atoms with E-state index in [1.807, 2.05) is 61.6 Å². The minimum atomic E-state index is 0.718. The molecule has 0 spiro atoms. The number of aryl methyl sites for hydroxylation is 1. The first-order chi connectivity index (χ1) is 11.6. The second-order valence-electron chi connectivity index (χ2n) is 5.67. The van der Waals surface area contributed by atoms with E-state index in [9.17, 15) is 0 Å². The topological polar surface area (TPSA) is 15.6 Å². The molecule has 0 radical (unpaired) electrons. The van der Waals surface area contributed by atoms with Crippen LogP contribution in [0.15, 0.2) is 83.9 Å². The first-order valence-corrected chi connectivity index (χ1v) is 8.21. The third kappa shape index (κ3) is 3.84. The van der Waals surface area contributed by atoms with Gasteiger partial charge in [-0.2, -0.15) is 0 Å². The van der Waals surface area contributed by atoms with Gasteiger partial charge in [-0.05, 0) is 55.5 Å². The van der Waals surface area contributed by atoms with Gasteiger partial charge in [0.2, 0.25) is 0 Å². The first-order valence-electron chi connectivity index (χ1n) is 7.83. The lowest BCUT2D eigenvalue weighted by Crippen LogP contribution is -2.27. The Bertz CT molecular complexity index is 822. The Balaban J connectivity index is 2.06. The molecule has 120 valence electrons. The molecule has 0 amide bonds. The summed E-state index contributed by atoms with van der Waals surface area (Å²) < 4.78 is 0. The molecule has 0 fully saturated rings. The number of nitrogens with zero attached hydrogens (tertiary/aromatic N) is 2. The van der Waals surface area contributed by atoms with E-state index in [-0.39, 0.29) is 0 Å². The summed E-state index contributed by atoms with van der Waals surface area (Å²) in [5, 5.41) is 0.718. The molecular weight excluding hydrogens is 316 g/mol. The van der Waals surface area contributed by atoms with E-state index in [1.165, 1.54) is 5.56 Å². The third-order valence-corrected chi connectivity index (χ3v) is 4.08. The molecule has 3 aromatic rings. The molecule has 3 rings (SSSR count). The van der Waals surface area contributed by atoms with Gasteiger partial charge in [0.1, 0.15) is 5.84 Å². The molecule has 0 saturated carbocycles. The van der Waals surface area contributed by atoms with Crippen LogP contribution in [0.1, 0.15) is 11.1 Å². The maximum atomic E-state index is 6.04. The van der Waals surface area contributed by atoms with Crippen molar-refractivity contribution < 1.29 is 0 Å². The van der Waals surface area contributed by atoms with E-state index in [2.05, 4.69) is 36.1 Å². The van der Waals surface area contributed by atoms with Crippen molar-refractivity contribution in [2.24, 2.45) is 4.99 Å². The molecule has 0 aliphatic rings. The van der Waals surface area contributed by atoms with Crippen LogP contribution in [0.3, 0.4) is 0 Å². The molecule has 0 aliphatic heterocycles. The lowest BCUT2D eigenvalue weighted by Gasteiger charge is -2.22. The van der Waals surface area contributed by atoms with Crippen LogP contribution in [0.4, 0.5) is 11.4 Å². The molecule has 24 heavy (non-hydrogen) atoms. The second kappa shape index (κ2) is 7.33. The molecule has 0 bridgehead atoms. The zero-order valence-electron chi connectivity index (χ0n) is 13.8. The molecule has 3 aromatic carbocycles. The second-order valence-corrected chi connectivity index (χ2v) is 6.11. The number of benzene rings is 3. The van der Waals surface area contributed by atoms with Crippen LogP contribution in [0.25, 0.3) is 0 Å². The normalized spacial score (nSPS) is 11.4. The van der Waals surface area contributed by atoms with Crippen LogP contribution in [0.2, 0.25) is 5.02 Å². The van der Waals surface area contributed by atoms with Gasteiger partial charge in [0.05, 0.1) is 5.69 Å². The van der Waals surface area contributed by atoms with Gasteiger partial charge in [-0.25, -0.2) is 4.99 Å². The van der Waals surface area contributed by atoms with E-state index in [1.54, 1.807) is 0 Å². The third-order valence-electron chi connectivity index (χ3n) is 3.83. The van der Waals surface area contributed by atoms with E-state index in [4.69, 9.17) is 16.6 Å². The molecule has 3 heteroatoms. The van der Waals surface area contributed by atoms with E-state index >= 15 is 0 Å². The summed E-state index contributed by atoms with van der Waals surface area (Å²) in [6, 6.07) is 26.2. The highest BCUT2D eigenvalue weighted by Gasteiger charge is 2.12. The fraction of sp³-hybridized carbons (Fsp3) is 0.0952. The van der Waals surface area contributed by atoms with Gasteiger partial charge in [-0.3, -0.25) is 0 Å². The summed E-state index contributed by atoms with van der Waals surface area (Å²) in [6.07, 6.45) is 0. The van der Waals surface area contributed by atoms with E-state index in [0.29, 0.717) is 0 Å². The summed E-state index contributed by atoms with van der Waals surface area (Å²) in [4.78, 5) is 6.96. The highest BCUT2D eigenvalue weighted by atomic mass is 35.5. The lowest BCUT2D eigenvalue weighted by molar-refractivity contribution is 1.24. The number of amidine groups is 1.